The molecule has 28 heavy (non-hydrogen) atoms. The number of halogens is 1. The molecule has 0 aliphatic carbocycles. The van der Waals surface area contributed by atoms with Crippen LogP contribution in [0.25, 0.3) is 0 Å². The molecule has 0 bridgehead atoms. The summed E-state index contributed by atoms with van der Waals surface area (Å²) < 4.78 is 0.669. The molecule has 1 aliphatic rings. The first-order chi connectivity index (χ1) is 12.9. The van der Waals surface area contributed by atoms with Crippen molar-refractivity contribution in [2.75, 3.05) is 11.4 Å². The van der Waals surface area contributed by atoms with Gasteiger partial charge in [0.05, 0.1) is 11.1 Å². The van der Waals surface area contributed by atoms with Gasteiger partial charge < -0.3 is 21.7 Å². The van der Waals surface area contributed by atoms with Gasteiger partial charge in [0.25, 0.3) is 0 Å². The molecule has 2 rings (SSSR count). The van der Waals surface area contributed by atoms with Gasteiger partial charge in [0.2, 0.25) is 11.8 Å². The van der Waals surface area contributed by atoms with Crippen LogP contribution >= 0.6 is 15.9 Å². The molecular formula is C18H27BrN6O3. The fourth-order valence-corrected chi connectivity index (χ4v) is 3.72. The van der Waals surface area contributed by atoms with Crippen molar-refractivity contribution in [3.63, 3.8) is 0 Å². The van der Waals surface area contributed by atoms with Crippen molar-refractivity contribution in [2.45, 2.75) is 51.5 Å². The van der Waals surface area contributed by atoms with Crippen molar-refractivity contribution in [1.82, 2.24) is 10.7 Å². The Labute approximate surface area is 172 Å². The standard InChI is InChI=1S/C18H27BrN6O3/c1-17(2,6-5-13(23-20)24-21)22-14(27)9-25-15-11(18(3,4)16(25)28)7-10(19)8-12(15)26/h7-8,26H,5-6,9,20-21H2,1-4H3,(H,22,27)(H,23,24). The number of nitrogens with zero attached hydrogens (tertiary/aromatic N) is 2. The highest BCUT2D eigenvalue weighted by molar-refractivity contribution is 9.10. The molecule has 1 aliphatic heterocycles. The van der Waals surface area contributed by atoms with Crippen LogP contribution in [0, 0.1) is 0 Å². The Kier molecular flexibility index (Phi) is 6.24. The number of rotatable bonds is 6. The fraction of sp³-hybridized carbons (Fsp3) is 0.500. The zero-order chi connectivity index (χ0) is 21.3. The van der Waals surface area contributed by atoms with Crippen LogP contribution in [0.4, 0.5) is 5.69 Å². The molecular weight excluding hydrogens is 428 g/mol. The summed E-state index contributed by atoms with van der Waals surface area (Å²) in [5.41, 5.74) is 2.03. The number of amidine groups is 1. The van der Waals surface area contributed by atoms with Crippen LogP contribution in [0.1, 0.15) is 46.1 Å². The molecule has 1 aromatic rings. The zero-order valence-electron chi connectivity index (χ0n) is 16.5. The van der Waals surface area contributed by atoms with Crippen molar-refractivity contribution in [2.24, 2.45) is 16.8 Å². The van der Waals surface area contributed by atoms with Gasteiger partial charge in [-0.2, -0.15) is 5.10 Å². The van der Waals surface area contributed by atoms with E-state index in [9.17, 15) is 14.7 Å². The number of phenolic OH excluding ortho intramolecular Hbond substituents is 1. The second kappa shape index (κ2) is 7.96. The Morgan fingerprint density at radius 1 is 1.39 bits per heavy atom. The molecule has 9 nitrogen and oxygen atoms in total. The quantitative estimate of drug-likeness (QED) is 0.189. The summed E-state index contributed by atoms with van der Waals surface area (Å²) in [6.07, 6.45) is 0.987. The lowest BCUT2D eigenvalue weighted by molar-refractivity contribution is -0.126. The monoisotopic (exact) mass is 454 g/mol. The number of amides is 2. The van der Waals surface area contributed by atoms with E-state index in [4.69, 9.17) is 11.7 Å². The number of nitrogens with two attached hydrogens (primary N) is 2. The number of phenols is 1. The van der Waals surface area contributed by atoms with E-state index >= 15 is 0 Å². The Balaban J connectivity index is 2.16. The van der Waals surface area contributed by atoms with E-state index in [1.54, 1.807) is 19.9 Å². The van der Waals surface area contributed by atoms with Crippen molar-refractivity contribution >= 4 is 39.3 Å². The van der Waals surface area contributed by atoms with Gasteiger partial charge in [-0.05, 0) is 51.8 Å². The van der Waals surface area contributed by atoms with Crippen molar-refractivity contribution in [1.29, 1.82) is 0 Å². The lowest BCUT2D eigenvalue weighted by Gasteiger charge is -2.28. The summed E-state index contributed by atoms with van der Waals surface area (Å²) in [5, 5.41) is 16.8. The van der Waals surface area contributed by atoms with Crippen LogP contribution < -0.4 is 27.3 Å². The highest BCUT2D eigenvalue weighted by Crippen LogP contribution is 2.47. The molecule has 0 spiro atoms. The van der Waals surface area contributed by atoms with Crippen LogP contribution in [0.5, 0.6) is 5.75 Å². The SMILES string of the molecule is CC(C)(CC/C(=N/N)NN)NC(=O)CN1C(=O)C(C)(C)c2cc(Br)cc(O)c21. The van der Waals surface area contributed by atoms with E-state index in [0.717, 1.165) is 0 Å². The van der Waals surface area contributed by atoms with Crippen LogP contribution in [-0.2, 0) is 15.0 Å². The van der Waals surface area contributed by atoms with Crippen molar-refractivity contribution in [3.05, 3.63) is 22.2 Å². The van der Waals surface area contributed by atoms with E-state index in [1.807, 2.05) is 13.8 Å². The topological polar surface area (TPSA) is 146 Å². The lowest BCUT2D eigenvalue weighted by Crippen LogP contribution is -2.50. The summed E-state index contributed by atoms with van der Waals surface area (Å²) in [6.45, 7) is 7.06. The number of aromatic hydroxyl groups is 1. The molecule has 0 saturated carbocycles. The molecule has 1 aromatic carbocycles. The zero-order valence-corrected chi connectivity index (χ0v) is 18.1. The van der Waals surface area contributed by atoms with E-state index in [1.165, 1.54) is 11.0 Å². The molecule has 0 atom stereocenters. The largest absolute Gasteiger partial charge is 0.506 e. The molecule has 154 valence electrons. The maximum absolute atomic E-state index is 12.9. The van der Waals surface area contributed by atoms with Crippen LogP contribution in [-0.4, -0.2) is 34.8 Å². The molecule has 0 radical (unpaired) electrons. The van der Waals surface area contributed by atoms with Gasteiger partial charge >= 0.3 is 0 Å². The normalized spacial score (nSPS) is 16.1. The smallest absolute Gasteiger partial charge is 0.240 e. The van der Waals surface area contributed by atoms with Gasteiger partial charge in [-0.25, -0.2) is 5.84 Å². The number of hydrogen-bond acceptors (Lipinski definition) is 6. The number of hydrazine groups is 1. The van der Waals surface area contributed by atoms with Gasteiger partial charge in [-0.1, -0.05) is 15.9 Å². The minimum absolute atomic E-state index is 0.0480. The maximum atomic E-state index is 12.9. The Morgan fingerprint density at radius 3 is 2.61 bits per heavy atom. The van der Waals surface area contributed by atoms with Crippen LogP contribution in [0.15, 0.2) is 21.7 Å². The van der Waals surface area contributed by atoms with Crippen LogP contribution in [0.2, 0.25) is 0 Å². The molecule has 2 amide bonds. The third-order valence-corrected chi connectivity index (χ3v) is 5.32. The van der Waals surface area contributed by atoms with Gasteiger partial charge in [0.15, 0.2) is 0 Å². The number of nitrogens with one attached hydrogen (secondary N) is 2. The summed E-state index contributed by atoms with van der Waals surface area (Å²) in [7, 11) is 0. The molecule has 0 aromatic heterocycles. The second-order valence-corrected chi connectivity index (χ2v) is 8.91. The number of carbonyl (C=O) groups is 2. The average molecular weight is 455 g/mol. The van der Waals surface area contributed by atoms with Crippen LogP contribution in [0.3, 0.4) is 0 Å². The first kappa shape index (κ1) is 22.0. The number of anilines is 1. The molecule has 0 fully saturated rings. The summed E-state index contributed by atoms with van der Waals surface area (Å²) in [4.78, 5) is 26.9. The number of hydrazone groups is 1. The van der Waals surface area contributed by atoms with Crippen molar-refractivity contribution < 1.29 is 14.7 Å². The highest BCUT2D eigenvalue weighted by atomic mass is 79.9. The summed E-state index contributed by atoms with van der Waals surface area (Å²) in [6, 6.07) is 3.30. The Hall–Kier alpha value is -2.33. The first-order valence-electron chi connectivity index (χ1n) is 8.82. The van der Waals surface area contributed by atoms with E-state index < -0.39 is 11.0 Å². The predicted octanol–water partition coefficient (Wildman–Crippen LogP) is 1.19. The lowest BCUT2D eigenvalue weighted by atomic mass is 9.86. The summed E-state index contributed by atoms with van der Waals surface area (Å²) in [5.74, 6) is 10.3. The molecule has 7 N–H and O–H groups in total. The number of hydrogen-bond donors (Lipinski definition) is 5. The van der Waals surface area contributed by atoms with Crippen molar-refractivity contribution in [3.8, 4) is 5.75 Å². The van der Waals surface area contributed by atoms with E-state index in [2.05, 4.69) is 31.8 Å². The average Bonchev–Trinajstić information content (AvgIpc) is 2.76. The van der Waals surface area contributed by atoms with E-state index in [-0.39, 0.29) is 24.1 Å². The minimum atomic E-state index is -0.842. The molecule has 0 unspecified atom stereocenters. The van der Waals surface area contributed by atoms with Gasteiger partial charge in [-0.3, -0.25) is 14.5 Å². The molecule has 1 heterocycles. The fourth-order valence-electron chi connectivity index (χ4n) is 3.28. The second-order valence-electron chi connectivity index (χ2n) is 7.99. The van der Waals surface area contributed by atoms with Gasteiger partial charge in [0.1, 0.15) is 18.1 Å². The predicted molar refractivity (Wildman–Crippen MR) is 112 cm³/mol. The van der Waals surface area contributed by atoms with Gasteiger partial charge in [0, 0.05) is 16.4 Å². The first-order valence-corrected chi connectivity index (χ1v) is 9.61. The Morgan fingerprint density at radius 2 is 2.04 bits per heavy atom. The molecule has 10 heteroatoms. The third kappa shape index (κ3) is 4.39. The van der Waals surface area contributed by atoms with E-state index in [0.29, 0.717) is 34.4 Å². The molecule has 0 saturated heterocycles. The highest BCUT2D eigenvalue weighted by Gasteiger charge is 2.46. The number of benzene rings is 1. The number of fused-ring (bicyclic) bond motifs is 1. The maximum Gasteiger partial charge on any atom is 0.240 e. The third-order valence-electron chi connectivity index (χ3n) is 4.87. The minimum Gasteiger partial charge on any atom is -0.506 e. The summed E-state index contributed by atoms with van der Waals surface area (Å²) >= 11 is 3.34. The Bertz CT molecular complexity index is 822. The van der Waals surface area contributed by atoms with Gasteiger partial charge in [-0.15, -0.1) is 0 Å². The number of carbonyl (C=O) groups excluding carboxylic acids is 2.